The molecular formula is C28H25NO2. The molecule has 0 aromatic heterocycles. The van der Waals surface area contributed by atoms with Crippen LogP contribution in [0.2, 0.25) is 0 Å². The van der Waals surface area contributed by atoms with Gasteiger partial charge in [0.05, 0.1) is 11.9 Å². The van der Waals surface area contributed by atoms with Crippen LogP contribution in [-0.4, -0.2) is 5.90 Å². The summed E-state index contributed by atoms with van der Waals surface area (Å²) in [5.41, 5.74) is 3.99. The van der Waals surface area contributed by atoms with Crippen LogP contribution in [0.1, 0.15) is 18.1 Å². The molecule has 0 amide bonds. The van der Waals surface area contributed by atoms with E-state index in [1.807, 2.05) is 79.7 Å². The molecule has 0 saturated carbocycles. The van der Waals surface area contributed by atoms with Gasteiger partial charge in [0.2, 0.25) is 5.90 Å². The zero-order valence-corrected chi connectivity index (χ0v) is 18.0. The van der Waals surface area contributed by atoms with Crippen molar-refractivity contribution in [2.24, 2.45) is 4.99 Å². The van der Waals surface area contributed by atoms with Gasteiger partial charge in [-0.2, -0.15) is 0 Å². The average Bonchev–Trinajstić information content (AvgIpc) is 2.79. The van der Waals surface area contributed by atoms with Gasteiger partial charge >= 0.3 is 0 Å². The SMILES string of the molecule is C/C(=C\Oc1ccc(C)cc1)C(=Nc1ccc(C)cc1)Oc1ccc2ccccc2c1. The van der Waals surface area contributed by atoms with Gasteiger partial charge in [-0.25, -0.2) is 4.99 Å². The van der Waals surface area contributed by atoms with Gasteiger partial charge in [0, 0.05) is 5.57 Å². The van der Waals surface area contributed by atoms with Crippen LogP contribution in [0.3, 0.4) is 0 Å². The molecule has 0 bridgehead atoms. The summed E-state index contributed by atoms with van der Waals surface area (Å²) in [4.78, 5) is 4.75. The number of aryl methyl sites for hydroxylation is 2. The molecule has 0 radical (unpaired) electrons. The Balaban J connectivity index is 1.64. The predicted molar refractivity (Wildman–Crippen MR) is 128 cm³/mol. The van der Waals surface area contributed by atoms with Gasteiger partial charge < -0.3 is 9.47 Å². The van der Waals surface area contributed by atoms with E-state index in [2.05, 4.69) is 32.0 Å². The molecule has 0 saturated heterocycles. The first-order valence-electron chi connectivity index (χ1n) is 10.3. The number of nitrogens with zero attached hydrogens (tertiary/aromatic N) is 1. The lowest BCUT2D eigenvalue weighted by Crippen LogP contribution is -2.11. The zero-order valence-electron chi connectivity index (χ0n) is 18.0. The monoisotopic (exact) mass is 407 g/mol. The Bertz CT molecular complexity index is 1240. The highest BCUT2D eigenvalue weighted by Gasteiger charge is 2.09. The molecule has 4 rings (SSSR count). The lowest BCUT2D eigenvalue weighted by molar-refractivity contribution is 0.473. The van der Waals surface area contributed by atoms with E-state index < -0.39 is 0 Å². The van der Waals surface area contributed by atoms with Crippen molar-refractivity contribution >= 4 is 22.4 Å². The molecule has 0 spiro atoms. The number of hydrogen-bond acceptors (Lipinski definition) is 3. The van der Waals surface area contributed by atoms with Gasteiger partial charge in [-0.3, -0.25) is 0 Å². The van der Waals surface area contributed by atoms with Crippen molar-refractivity contribution in [2.75, 3.05) is 0 Å². The molecule has 0 heterocycles. The highest BCUT2D eigenvalue weighted by atomic mass is 16.5. The van der Waals surface area contributed by atoms with Crippen molar-refractivity contribution in [3.05, 3.63) is 114 Å². The Morgan fingerprint density at radius 1 is 0.710 bits per heavy atom. The molecule has 4 aromatic carbocycles. The Morgan fingerprint density at radius 3 is 2.03 bits per heavy atom. The standard InChI is InChI=1S/C28H25NO2/c1-20-8-13-25(14-9-20)29-28(22(3)19-30-26-15-10-21(2)11-16-26)31-27-17-12-23-6-4-5-7-24(23)18-27/h4-19H,1-3H3/b22-19+,29-28?. The smallest absolute Gasteiger partial charge is 0.225 e. The van der Waals surface area contributed by atoms with E-state index in [1.165, 1.54) is 16.5 Å². The normalized spacial score (nSPS) is 12.1. The molecule has 0 fully saturated rings. The van der Waals surface area contributed by atoms with Crippen LogP contribution in [0.5, 0.6) is 11.5 Å². The highest BCUT2D eigenvalue weighted by Crippen LogP contribution is 2.23. The summed E-state index contributed by atoms with van der Waals surface area (Å²) < 4.78 is 12.1. The molecule has 0 atom stereocenters. The van der Waals surface area contributed by atoms with Crippen LogP contribution in [0.15, 0.2) is 108 Å². The predicted octanol–water partition coefficient (Wildman–Crippen LogP) is 7.55. The Morgan fingerprint density at radius 2 is 1.32 bits per heavy atom. The summed E-state index contributed by atoms with van der Waals surface area (Å²) in [6.07, 6.45) is 1.68. The number of hydrogen-bond donors (Lipinski definition) is 0. The summed E-state index contributed by atoms with van der Waals surface area (Å²) in [6.45, 7) is 6.04. The quantitative estimate of drug-likeness (QED) is 0.194. The summed E-state index contributed by atoms with van der Waals surface area (Å²) >= 11 is 0. The summed E-state index contributed by atoms with van der Waals surface area (Å²) in [5.74, 6) is 1.99. The van der Waals surface area contributed by atoms with Crippen LogP contribution < -0.4 is 9.47 Å². The van der Waals surface area contributed by atoms with Crippen molar-refractivity contribution < 1.29 is 9.47 Å². The van der Waals surface area contributed by atoms with Crippen molar-refractivity contribution in [1.29, 1.82) is 0 Å². The Hall–Kier alpha value is -3.85. The third kappa shape index (κ3) is 5.40. The molecule has 0 N–H and O–H groups in total. The minimum atomic E-state index is 0.492. The van der Waals surface area contributed by atoms with Crippen LogP contribution in [0, 0.1) is 13.8 Å². The molecule has 0 unspecified atom stereocenters. The lowest BCUT2D eigenvalue weighted by atomic mass is 10.1. The minimum absolute atomic E-state index is 0.492. The first kappa shape index (κ1) is 20.4. The Kier molecular flexibility index (Phi) is 6.13. The first-order valence-corrected chi connectivity index (χ1v) is 10.3. The summed E-state index contributed by atoms with van der Waals surface area (Å²) in [6, 6.07) is 30.2. The maximum Gasteiger partial charge on any atom is 0.225 e. The molecule has 31 heavy (non-hydrogen) atoms. The molecular weight excluding hydrogens is 382 g/mol. The van der Waals surface area contributed by atoms with Crippen LogP contribution in [0.25, 0.3) is 10.8 Å². The van der Waals surface area contributed by atoms with Gasteiger partial charge in [-0.15, -0.1) is 0 Å². The van der Waals surface area contributed by atoms with E-state index in [9.17, 15) is 0 Å². The van der Waals surface area contributed by atoms with E-state index in [0.29, 0.717) is 5.90 Å². The first-order chi connectivity index (χ1) is 15.1. The van der Waals surface area contributed by atoms with Crippen molar-refractivity contribution in [2.45, 2.75) is 20.8 Å². The maximum absolute atomic E-state index is 6.23. The van der Waals surface area contributed by atoms with Gasteiger partial charge in [0.15, 0.2) is 0 Å². The molecule has 154 valence electrons. The van der Waals surface area contributed by atoms with Crippen LogP contribution in [-0.2, 0) is 0 Å². The molecule has 3 heteroatoms. The number of ether oxygens (including phenoxy) is 2. The summed E-state index contributed by atoms with van der Waals surface area (Å²) in [7, 11) is 0. The van der Waals surface area contributed by atoms with E-state index in [4.69, 9.17) is 14.5 Å². The Labute approximate surface area is 183 Å². The summed E-state index contributed by atoms with van der Waals surface area (Å²) in [5, 5.41) is 2.29. The maximum atomic E-state index is 6.23. The number of aliphatic imine (C=N–C) groups is 1. The van der Waals surface area contributed by atoms with E-state index in [0.717, 1.165) is 28.1 Å². The largest absolute Gasteiger partial charge is 0.465 e. The second-order valence-electron chi connectivity index (χ2n) is 7.60. The fourth-order valence-electron chi connectivity index (χ4n) is 3.09. The van der Waals surface area contributed by atoms with Crippen LogP contribution >= 0.6 is 0 Å². The fraction of sp³-hybridized carbons (Fsp3) is 0.107. The number of fused-ring (bicyclic) bond motifs is 1. The molecule has 0 aliphatic carbocycles. The molecule has 0 aliphatic rings. The third-order valence-electron chi connectivity index (χ3n) is 4.93. The average molecular weight is 408 g/mol. The van der Waals surface area contributed by atoms with E-state index >= 15 is 0 Å². The van der Waals surface area contributed by atoms with E-state index in [-0.39, 0.29) is 0 Å². The van der Waals surface area contributed by atoms with Gasteiger partial charge in [-0.05, 0) is 67.9 Å². The fourth-order valence-corrected chi connectivity index (χ4v) is 3.09. The second kappa shape index (κ2) is 9.31. The van der Waals surface area contributed by atoms with Gasteiger partial charge in [0.25, 0.3) is 0 Å². The molecule has 0 aliphatic heterocycles. The van der Waals surface area contributed by atoms with Gasteiger partial charge in [-0.1, -0.05) is 65.7 Å². The second-order valence-corrected chi connectivity index (χ2v) is 7.60. The topological polar surface area (TPSA) is 30.8 Å². The van der Waals surface area contributed by atoms with E-state index in [1.54, 1.807) is 6.26 Å². The number of benzene rings is 4. The van der Waals surface area contributed by atoms with Crippen LogP contribution in [0.4, 0.5) is 5.69 Å². The van der Waals surface area contributed by atoms with Gasteiger partial charge in [0.1, 0.15) is 11.5 Å². The van der Waals surface area contributed by atoms with Crippen molar-refractivity contribution in [3.8, 4) is 11.5 Å². The highest BCUT2D eigenvalue weighted by molar-refractivity contribution is 5.96. The minimum Gasteiger partial charge on any atom is -0.465 e. The van der Waals surface area contributed by atoms with Crippen molar-refractivity contribution in [1.82, 2.24) is 0 Å². The third-order valence-corrected chi connectivity index (χ3v) is 4.93. The van der Waals surface area contributed by atoms with Crippen molar-refractivity contribution in [3.63, 3.8) is 0 Å². The molecule has 3 nitrogen and oxygen atoms in total. The molecule has 4 aromatic rings. The number of rotatable bonds is 5. The lowest BCUT2D eigenvalue weighted by Gasteiger charge is -2.11. The zero-order chi connectivity index (χ0) is 21.6.